The lowest BCUT2D eigenvalue weighted by molar-refractivity contribution is 0.758. The zero-order valence-electron chi connectivity index (χ0n) is 15.0. The summed E-state index contributed by atoms with van der Waals surface area (Å²) in [6.07, 6.45) is 6.08. The van der Waals surface area contributed by atoms with Gasteiger partial charge in [-0.05, 0) is 45.6 Å². The molecule has 0 spiro atoms. The molecule has 5 rings (SSSR count). The SMILES string of the molecule is BC1C=C2C(=CC1)c1ccccc1C2(c1ccccc1)c1ccccc1. The Bertz CT molecular complexity index is 973. The third kappa shape index (κ3) is 2.04. The van der Waals surface area contributed by atoms with Gasteiger partial charge >= 0.3 is 0 Å². The van der Waals surface area contributed by atoms with Crippen molar-refractivity contribution in [1.82, 2.24) is 0 Å². The van der Waals surface area contributed by atoms with Crippen molar-refractivity contribution in [1.29, 1.82) is 0 Å². The number of hydrogen-bond donors (Lipinski definition) is 0. The van der Waals surface area contributed by atoms with Crippen LogP contribution in [0.1, 0.15) is 28.7 Å². The Kier molecular flexibility index (Phi) is 3.50. The molecule has 0 amide bonds. The highest BCUT2D eigenvalue weighted by Crippen LogP contribution is 2.58. The van der Waals surface area contributed by atoms with Gasteiger partial charge in [0.15, 0.2) is 0 Å². The van der Waals surface area contributed by atoms with Crippen LogP contribution in [0.2, 0.25) is 5.82 Å². The molecule has 2 aliphatic carbocycles. The van der Waals surface area contributed by atoms with Gasteiger partial charge in [0, 0.05) is 0 Å². The van der Waals surface area contributed by atoms with Crippen LogP contribution in [0.25, 0.3) is 5.57 Å². The van der Waals surface area contributed by atoms with Gasteiger partial charge in [0.2, 0.25) is 0 Å². The van der Waals surface area contributed by atoms with Gasteiger partial charge in [0.25, 0.3) is 0 Å². The average molecular weight is 332 g/mol. The maximum atomic E-state index is 2.51. The number of rotatable bonds is 2. The van der Waals surface area contributed by atoms with E-state index in [0.717, 1.165) is 6.42 Å². The fourth-order valence-electron chi connectivity index (χ4n) is 4.79. The van der Waals surface area contributed by atoms with Crippen LogP contribution in [0.3, 0.4) is 0 Å². The van der Waals surface area contributed by atoms with Crippen LogP contribution in [-0.2, 0) is 5.41 Å². The summed E-state index contributed by atoms with van der Waals surface area (Å²) in [7, 11) is 2.32. The summed E-state index contributed by atoms with van der Waals surface area (Å²) in [5.74, 6) is 0.565. The molecule has 3 aromatic rings. The van der Waals surface area contributed by atoms with E-state index in [0.29, 0.717) is 5.82 Å². The fourth-order valence-corrected chi connectivity index (χ4v) is 4.79. The largest absolute Gasteiger partial charge is 0.110 e. The summed E-state index contributed by atoms with van der Waals surface area (Å²) < 4.78 is 0. The smallest absolute Gasteiger partial charge is 0.0837 e. The third-order valence-corrected chi connectivity index (χ3v) is 5.87. The van der Waals surface area contributed by atoms with Crippen LogP contribution in [0.5, 0.6) is 0 Å². The molecule has 0 aliphatic heterocycles. The van der Waals surface area contributed by atoms with Gasteiger partial charge in [0.1, 0.15) is 7.85 Å². The Hall–Kier alpha value is -2.80. The van der Waals surface area contributed by atoms with Gasteiger partial charge in [-0.25, -0.2) is 0 Å². The monoisotopic (exact) mass is 332 g/mol. The maximum Gasteiger partial charge on any atom is 0.110 e. The minimum Gasteiger partial charge on any atom is -0.0837 e. The second-order valence-electron chi connectivity index (χ2n) is 7.44. The third-order valence-electron chi connectivity index (χ3n) is 5.87. The van der Waals surface area contributed by atoms with E-state index >= 15 is 0 Å². The number of fused-ring (bicyclic) bond motifs is 3. The minimum atomic E-state index is -0.223. The molecule has 0 heterocycles. The summed E-state index contributed by atoms with van der Waals surface area (Å²) in [6, 6.07) is 31.0. The number of allylic oxidation sites excluding steroid dienone is 4. The molecular formula is C25H21B. The van der Waals surface area contributed by atoms with Gasteiger partial charge in [-0.2, -0.15) is 0 Å². The summed E-state index contributed by atoms with van der Waals surface area (Å²) in [5.41, 5.74) is 8.15. The Morgan fingerprint density at radius 3 is 1.96 bits per heavy atom. The topological polar surface area (TPSA) is 0 Å². The first-order valence-corrected chi connectivity index (χ1v) is 9.45. The molecule has 2 aliphatic rings. The van der Waals surface area contributed by atoms with Crippen molar-refractivity contribution in [3.63, 3.8) is 0 Å². The first-order valence-electron chi connectivity index (χ1n) is 9.45. The van der Waals surface area contributed by atoms with E-state index < -0.39 is 0 Å². The van der Waals surface area contributed by atoms with Crippen molar-refractivity contribution in [3.05, 3.63) is 125 Å². The zero-order chi connectivity index (χ0) is 17.6. The number of hydrogen-bond acceptors (Lipinski definition) is 0. The normalized spacial score (nSPS) is 19.9. The van der Waals surface area contributed by atoms with Gasteiger partial charge in [-0.15, -0.1) is 0 Å². The molecule has 0 aromatic heterocycles. The second kappa shape index (κ2) is 5.88. The van der Waals surface area contributed by atoms with Crippen LogP contribution >= 0.6 is 0 Å². The van der Waals surface area contributed by atoms with Gasteiger partial charge in [-0.1, -0.05) is 97.1 Å². The van der Waals surface area contributed by atoms with Crippen molar-refractivity contribution in [2.75, 3.05) is 0 Å². The van der Waals surface area contributed by atoms with E-state index in [4.69, 9.17) is 0 Å². The lowest BCUT2D eigenvalue weighted by atomic mass is 9.65. The van der Waals surface area contributed by atoms with Gasteiger partial charge < -0.3 is 0 Å². The molecule has 3 aromatic carbocycles. The molecule has 0 saturated heterocycles. The molecule has 1 unspecified atom stereocenters. The summed E-state index contributed by atoms with van der Waals surface area (Å²) in [5, 5.41) is 0. The molecular weight excluding hydrogens is 311 g/mol. The predicted octanol–water partition coefficient (Wildman–Crippen LogP) is 5.17. The van der Waals surface area contributed by atoms with Crippen LogP contribution < -0.4 is 0 Å². The van der Waals surface area contributed by atoms with E-state index in [2.05, 4.69) is 105 Å². The molecule has 0 N–H and O–H groups in total. The fraction of sp³-hybridized carbons (Fsp3) is 0.120. The Labute approximate surface area is 156 Å². The highest BCUT2D eigenvalue weighted by molar-refractivity contribution is 6.14. The molecule has 0 nitrogen and oxygen atoms in total. The van der Waals surface area contributed by atoms with Crippen molar-refractivity contribution in [3.8, 4) is 0 Å². The lowest BCUT2D eigenvalue weighted by Crippen LogP contribution is -2.29. The van der Waals surface area contributed by atoms with E-state index in [9.17, 15) is 0 Å². The first-order chi connectivity index (χ1) is 12.8. The zero-order valence-corrected chi connectivity index (χ0v) is 15.0. The molecule has 26 heavy (non-hydrogen) atoms. The van der Waals surface area contributed by atoms with Crippen LogP contribution in [0, 0.1) is 0 Å². The molecule has 0 saturated carbocycles. The molecule has 124 valence electrons. The van der Waals surface area contributed by atoms with E-state index in [1.54, 1.807) is 0 Å². The molecule has 1 atom stereocenters. The summed E-state index contributed by atoms with van der Waals surface area (Å²) in [6.45, 7) is 0. The first kappa shape index (κ1) is 15.5. The predicted molar refractivity (Wildman–Crippen MR) is 112 cm³/mol. The highest BCUT2D eigenvalue weighted by Gasteiger charge is 2.48. The Morgan fingerprint density at radius 1 is 0.731 bits per heavy atom. The van der Waals surface area contributed by atoms with Crippen molar-refractivity contribution < 1.29 is 0 Å². The van der Waals surface area contributed by atoms with Crippen LogP contribution in [0.15, 0.2) is 103 Å². The van der Waals surface area contributed by atoms with Crippen LogP contribution in [-0.4, -0.2) is 7.85 Å². The molecule has 0 bridgehead atoms. The standard InChI is InChI=1S/C25H21B/c26-20-15-16-22-21-13-7-8-14-23(21)25(24(22)17-20,18-9-3-1-4-10-18)19-11-5-2-6-12-19/h1-14,16-17,20H,15,26H2. The Morgan fingerprint density at radius 2 is 1.31 bits per heavy atom. The van der Waals surface area contributed by atoms with Gasteiger partial charge in [0.05, 0.1) is 5.41 Å². The highest BCUT2D eigenvalue weighted by atomic mass is 14.5. The molecule has 1 heteroatoms. The number of benzene rings is 3. The average Bonchev–Trinajstić information content (AvgIpc) is 3.00. The van der Waals surface area contributed by atoms with Crippen molar-refractivity contribution in [2.45, 2.75) is 17.7 Å². The summed E-state index contributed by atoms with van der Waals surface area (Å²) >= 11 is 0. The lowest BCUT2D eigenvalue weighted by Gasteiger charge is -2.35. The van der Waals surface area contributed by atoms with Crippen molar-refractivity contribution >= 4 is 13.4 Å². The maximum absolute atomic E-state index is 2.51. The van der Waals surface area contributed by atoms with Gasteiger partial charge in [-0.3, -0.25) is 0 Å². The minimum absolute atomic E-state index is 0.223. The Balaban J connectivity index is 1.94. The molecule has 0 radical (unpaired) electrons. The summed E-state index contributed by atoms with van der Waals surface area (Å²) in [4.78, 5) is 0. The van der Waals surface area contributed by atoms with E-state index in [-0.39, 0.29) is 5.41 Å². The van der Waals surface area contributed by atoms with Crippen molar-refractivity contribution in [2.24, 2.45) is 0 Å². The van der Waals surface area contributed by atoms with E-state index in [1.807, 2.05) is 0 Å². The van der Waals surface area contributed by atoms with Crippen LogP contribution in [0.4, 0.5) is 0 Å². The molecule has 0 fully saturated rings. The van der Waals surface area contributed by atoms with E-state index in [1.165, 1.54) is 33.4 Å². The second-order valence-corrected chi connectivity index (χ2v) is 7.44. The quantitative estimate of drug-likeness (QED) is 0.568.